The van der Waals surface area contributed by atoms with Gasteiger partial charge in [0.15, 0.2) is 6.29 Å². The Hall–Kier alpha value is -2.15. The molecule has 3 rings (SSSR count). The molecule has 0 saturated carbocycles. The molecule has 0 amide bonds. The summed E-state index contributed by atoms with van der Waals surface area (Å²) in [5, 5.41) is 10.5. The number of carbonyl (C=O) groups excluding carboxylic acids is 1. The van der Waals surface area contributed by atoms with E-state index < -0.39 is 6.10 Å². The topological polar surface area (TPSA) is 72.1 Å². The molecular weight excluding hydrogens is 346 g/mol. The van der Waals surface area contributed by atoms with E-state index in [2.05, 4.69) is 4.90 Å². The predicted octanol–water partition coefficient (Wildman–Crippen LogP) is 2.82. The molecule has 1 aliphatic rings. The summed E-state index contributed by atoms with van der Waals surface area (Å²) in [5.74, 6) is 2.22. The Morgan fingerprint density at radius 1 is 1.33 bits per heavy atom. The molecule has 1 aliphatic heterocycles. The molecule has 1 aromatic heterocycles. The van der Waals surface area contributed by atoms with Crippen molar-refractivity contribution in [2.75, 3.05) is 26.3 Å². The second-order valence-corrected chi connectivity index (χ2v) is 6.96. The molecule has 6 heteroatoms. The summed E-state index contributed by atoms with van der Waals surface area (Å²) in [6.45, 7) is 4.61. The summed E-state index contributed by atoms with van der Waals surface area (Å²) < 4.78 is 17.1. The Bertz CT molecular complexity index is 723. The van der Waals surface area contributed by atoms with Crippen molar-refractivity contribution in [3.8, 4) is 5.75 Å². The van der Waals surface area contributed by atoms with Gasteiger partial charge in [-0.15, -0.1) is 0 Å². The van der Waals surface area contributed by atoms with Crippen molar-refractivity contribution in [1.29, 1.82) is 0 Å². The van der Waals surface area contributed by atoms with Crippen molar-refractivity contribution in [2.24, 2.45) is 0 Å². The zero-order valence-electron chi connectivity index (χ0n) is 15.7. The van der Waals surface area contributed by atoms with Gasteiger partial charge < -0.3 is 19.0 Å². The lowest BCUT2D eigenvalue weighted by atomic mass is 10.2. The van der Waals surface area contributed by atoms with E-state index in [-0.39, 0.29) is 12.7 Å². The summed E-state index contributed by atoms with van der Waals surface area (Å²) in [4.78, 5) is 13.2. The van der Waals surface area contributed by atoms with Crippen LogP contribution in [0.15, 0.2) is 40.8 Å². The Kier molecular flexibility index (Phi) is 7.04. The highest BCUT2D eigenvalue weighted by Crippen LogP contribution is 2.18. The average Bonchev–Trinajstić information content (AvgIpc) is 3.32. The molecule has 1 aromatic carbocycles. The van der Waals surface area contributed by atoms with E-state index >= 15 is 0 Å². The smallest absolute Gasteiger partial charge is 0.153 e. The molecule has 0 aliphatic carbocycles. The number of benzene rings is 1. The van der Waals surface area contributed by atoms with Crippen molar-refractivity contribution in [1.82, 2.24) is 4.90 Å². The molecule has 1 saturated heterocycles. The van der Waals surface area contributed by atoms with Crippen molar-refractivity contribution in [3.05, 3.63) is 53.5 Å². The van der Waals surface area contributed by atoms with E-state index in [1.165, 1.54) is 0 Å². The minimum absolute atomic E-state index is 0.115. The van der Waals surface area contributed by atoms with E-state index in [1.54, 1.807) is 24.3 Å². The quantitative estimate of drug-likeness (QED) is 0.646. The number of carbonyl (C=O) groups is 1. The Labute approximate surface area is 159 Å². The Morgan fingerprint density at radius 2 is 2.19 bits per heavy atom. The number of aryl methyl sites for hydroxylation is 1. The van der Waals surface area contributed by atoms with Gasteiger partial charge in [-0.05, 0) is 44.0 Å². The molecule has 2 atom stereocenters. The second-order valence-electron chi connectivity index (χ2n) is 6.96. The van der Waals surface area contributed by atoms with Crippen LogP contribution in [-0.2, 0) is 11.3 Å². The average molecular weight is 373 g/mol. The van der Waals surface area contributed by atoms with Crippen LogP contribution in [0.3, 0.4) is 0 Å². The predicted molar refractivity (Wildman–Crippen MR) is 101 cm³/mol. The van der Waals surface area contributed by atoms with Crippen LogP contribution in [0.4, 0.5) is 0 Å². The summed E-state index contributed by atoms with van der Waals surface area (Å²) in [6.07, 6.45) is 2.36. The first-order chi connectivity index (χ1) is 13.1. The van der Waals surface area contributed by atoms with Gasteiger partial charge in [-0.3, -0.25) is 9.69 Å². The van der Waals surface area contributed by atoms with E-state index in [0.29, 0.717) is 24.4 Å². The van der Waals surface area contributed by atoms with Crippen LogP contribution >= 0.6 is 0 Å². The number of rotatable bonds is 10. The maximum Gasteiger partial charge on any atom is 0.153 e. The van der Waals surface area contributed by atoms with Crippen molar-refractivity contribution < 1.29 is 23.8 Å². The molecule has 1 N–H and O–H groups in total. The normalized spacial score (nSPS) is 18.0. The number of hydrogen-bond acceptors (Lipinski definition) is 6. The van der Waals surface area contributed by atoms with Crippen LogP contribution in [0.1, 0.15) is 34.7 Å². The molecule has 2 aromatic rings. The fourth-order valence-corrected chi connectivity index (χ4v) is 3.32. The number of furan rings is 1. The van der Waals surface area contributed by atoms with Gasteiger partial charge in [0, 0.05) is 19.7 Å². The standard InChI is InChI=1S/C21H27NO5/c1-16-8-9-20(27-16)13-22(12-19-6-4-10-25-19)11-18(24)15-26-21-7-3-2-5-17(21)14-23/h2-3,5,7-9,14,18-19,24H,4,6,10-13,15H2,1H3. The minimum atomic E-state index is -0.692. The fraction of sp³-hybridized carbons (Fsp3) is 0.476. The molecule has 0 radical (unpaired) electrons. The third-order valence-electron chi connectivity index (χ3n) is 4.61. The molecule has 2 heterocycles. The number of aliphatic hydroxyl groups is 1. The molecule has 27 heavy (non-hydrogen) atoms. The Morgan fingerprint density at radius 3 is 2.89 bits per heavy atom. The highest BCUT2D eigenvalue weighted by molar-refractivity contribution is 5.79. The van der Waals surface area contributed by atoms with Crippen LogP contribution in [0.2, 0.25) is 0 Å². The highest BCUT2D eigenvalue weighted by Gasteiger charge is 2.22. The molecule has 2 unspecified atom stereocenters. The van der Waals surface area contributed by atoms with Crippen LogP contribution < -0.4 is 4.74 Å². The maximum atomic E-state index is 11.1. The third kappa shape index (κ3) is 5.92. The number of ether oxygens (including phenoxy) is 2. The molecule has 1 fully saturated rings. The van der Waals surface area contributed by atoms with Crippen LogP contribution in [-0.4, -0.2) is 54.8 Å². The molecule has 0 spiro atoms. The molecule has 146 valence electrons. The van der Waals surface area contributed by atoms with E-state index in [1.807, 2.05) is 19.1 Å². The number of aliphatic hydroxyl groups excluding tert-OH is 1. The summed E-state index contributed by atoms with van der Waals surface area (Å²) in [7, 11) is 0. The Balaban J connectivity index is 1.57. The monoisotopic (exact) mass is 373 g/mol. The van der Waals surface area contributed by atoms with E-state index in [4.69, 9.17) is 13.9 Å². The first-order valence-corrected chi connectivity index (χ1v) is 9.38. The minimum Gasteiger partial charge on any atom is -0.490 e. The SMILES string of the molecule is Cc1ccc(CN(CC(O)COc2ccccc2C=O)CC2CCCO2)o1. The van der Waals surface area contributed by atoms with Crippen LogP contribution in [0.25, 0.3) is 0 Å². The van der Waals surface area contributed by atoms with Gasteiger partial charge in [-0.1, -0.05) is 12.1 Å². The van der Waals surface area contributed by atoms with Gasteiger partial charge >= 0.3 is 0 Å². The van der Waals surface area contributed by atoms with Gasteiger partial charge in [0.2, 0.25) is 0 Å². The van der Waals surface area contributed by atoms with Crippen LogP contribution in [0, 0.1) is 6.92 Å². The van der Waals surface area contributed by atoms with Gasteiger partial charge in [0.25, 0.3) is 0 Å². The largest absolute Gasteiger partial charge is 0.490 e. The first kappa shape index (κ1) is 19.6. The fourth-order valence-electron chi connectivity index (χ4n) is 3.32. The van der Waals surface area contributed by atoms with E-state index in [9.17, 15) is 9.90 Å². The zero-order chi connectivity index (χ0) is 19.1. The summed E-state index contributed by atoms with van der Waals surface area (Å²) >= 11 is 0. The van der Waals surface area contributed by atoms with Crippen molar-refractivity contribution in [2.45, 2.75) is 38.5 Å². The lowest BCUT2D eigenvalue weighted by molar-refractivity contribution is 0.0288. The molecular formula is C21H27NO5. The van der Waals surface area contributed by atoms with Crippen molar-refractivity contribution in [3.63, 3.8) is 0 Å². The van der Waals surface area contributed by atoms with Gasteiger partial charge in [0.1, 0.15) is 30.0 Å². The number of hydrogen-bond donors (Lipinski definition) is 1. The molecule has 6 nitrogen and oxygen atoms in total. The van der Waals surface area contributed by atoms with Gasteiger partial charge in [-0.25, -0.2) is 0 Å². The third-order valence-corrected chi connectivity index (χ3v) is 4.61. The zero-order valence-corrected chi connectivity index (χ0v) is 15.7. The first-order valence-electron chi connectivity index (χ1n) is 9.38. The lowest BCUT2D eigenvalue weighted by Gasteiger charge is -2.26. The number of aldehydes is 1. The van der Waals surface area contributed by atoms with Crippen LogP contribution in [0.5, 0.6) is 5.75 Å². The molecule has 0 bridgehead atoms. The second kappa shape index (κ2) is 9.69. The summed E-state index contributed by atoms with van der Waals surface area (Å²) in [6, 6.07) is 10.9. The maximum absolute atomic E-state index is 11.1. The van der Waals surface area contributed by atoms with Crippen molar-refractivity contribution >= 4 is 6.29 Å². The number of nitrogens with zero attached hydrogens (tertiary/aromatic N) is 1. The van der Waals surface area contributed by atoms with Gasteiger partial charge in [-0.2, -0.15) is 0 Å². The van der Waals surface area contributed by atoms with E-state index in [0.717, 1.165) is 43.8 Å². The van der Waals surface area contributed by atoms with Gasteiger partial charge in [0.05, 0.1) is 18.2 Å². The highest BCUT2D eigenvalue weighted by atomic mass is 16.5. The summed E-state index contributed by atoms with van der Waals surface area (Å²) in [5.41, 5.74) is 0.479. The lowest BCUT2D eigenvalue weighted by Crippen LogP contribution is -2.39. The number of para-hydroxylation sites is 1.